The zero-order valence-electron chi connectivity index (χ0n) is 8.15. The van der Waals surface area contributed by atoms with Gasteiger partial charge in [0.05, 0.1) is 10.7 Å². The van der Waals surface area contributed by atoms with Gasteiger partial charge in [-0.25, -0.2) is 0 Å². The van der Waals surface area contributed by atoms with Gasteiger partial charge in [-0.3, -0.25) is 4.98 Å². The minimum absolute atomic E-state index is 0.361. The van der Waals surface area contributed by atoms with Crippen LogP contribution in [-0.4, -0.2) is 4.98 Å². The predicted octanol–water partition coefficient (Wildman–Crippen LogP) is 2.86. The summed E-state index contributed by atoms with van der Waals surface area (Å²) in [4.78, 5) is 4.13. The van der Waals surface area contributed by atoms with Gasteiger partial charge < -0.3 is 5.73 Å². The average molecular weight is 219 g/mol. The largest absolute Gasteiger partial charge is 0.325 e. The van der Waals surface area contributed by atoms with E-state index in [9.17, 15) is 0 Å². The molecule has 0 aliphatic heterocycles. The first kappa shape index (κ1) is 10.1. The molecule has 2 N–H and O–H groups in total. The standard InChI is InChI=1S/C12H11ClN2/c13-12-10(6-7-15-11(12)8-14)9-4-2-1-3-5-9/h1-7H,8,14H2. The highest BCUT2D eigenvalue weighted by Crippen LogP contribution is 2.28. The number of nitrogens with two attached hydrogens (primary N) is 1. The van der Waals surface area contributed by atoms with Crippen LogP contribution < -0.4 is 5.73 Å². The Bertz CT molecular complexity index is 454. The molecule has 2 rings (SSSR count). The van der Waals surface area contributed by atoms with Crippen molar-refractivity contribution in [2.75, 3.05) is 0 Å². The number of halogens is 1. The third kappa shape index (κ3) is 2.01. The van der Waals surface area contributed by atoms with Gasteiger partial charge in [-0.2, -0.15) is 0 Å². The van der Waals surface area contributed by atoms with Gasteiger partial charge >= 0.3 is 0 Å². The van der Waals surface area contributed by atoms with Crippen LogP contribution in [0.2, 0.25) is 5.02 Å². The van der Waals surface area contributed by atoms with Crippen molar-refractivity contribution in [1.29, 1.82) is 0 Å². The van der Waals surface area contributed by atoms with E-state index in [0.717, 1.165) is 16.8 Å². The Labute approximate surface area is 93.7 Å². The Morgan fingerprint density at radius 1 is 1.13 bits per heavy atom. The molecule has 0 atom stereocenters. The number of hydrogen-bond donors (Lipinski definition) is 1. The number of rotatable bonds is 2. The summed E-state index contributed by atoms with van der Waals surface area (Å²) in [6, 6.07) is 11.9. The van der Waals surface area contributed by atoms with E-state index in [1.807, 2.05) is 36.4 Å². The van der Waals surface area contributed by atoms with E-state index in [1.165, 1.54) is 0 Å². The smallest absolute Gasteiger partial charge is 0.0731 e. The highest BCUT2D eigenvalue weighted by Gasteiger charge is 2.07. The van der Waals surface area contributed by atoms with Gasteiger partial charge in [-0.05, 0) is 11.6 Å². The molecule has 3 heteroatoms. The van der Waals surface area contributed by atoms with Crippen molar-refractivity contribution in [3.05, 3.63) is 53.3 Å². The van der Waals surface area contributed by atoms with E-state index < -0.39 is 0 Å². The van der Waals surface area contributed by atoms with Crippen molar-refractivity contribution in [2.24, 2.45) is 5.73 Å². The summed E-state index contributed by atoms with van der Waals surface area (Å²) in [5.74, 6) is 0. The van der Waals surface area contributed by atoms with Gasteiger partial charge in [0.25, 0.3) is 0 Å². The molecular formula is C12H11ClN2. The van der Waals surface area contributed by atoms with Crippen LogP contribution >= 0.6 is 11.6 Å². The van der Waals surface area contributed by atoms with E-state index in [0.29, 0.717) is 11.6 Å². The van der Waals surface area contributed by atoms with Crippen molar-refractivity contribution in [2.45, 2.75) is 6.54 Å². The lowest BCUT2D eigenvalue weighted by Gasteiger charge is -2.06. The van der Waals surface area contributed by atoms with Crippen molar-refractivity contribution in [1.82, 2.24) is 4.98 Å². The second-order valence-corrected chi connectivity index (χ2v) is 3.57. The van der Waals surface area contributed by atoms with Crippen LogP contribution in [0.5, 0.6) is 0 Å². The Hall–Kier alpha value is -1.38. The first-order valence-electron chi connectivity index (χ1n) is 4.72. The van der Waals surface area contributed by atoms with Crippen LogP contribution in [0.15, 0.2) is 42.6 Å². The van der Waals surface area contributed by atoms with Gasteiger partial charge in [-0.15, -0.1) is 0 Å². The number of benzene rings is 1. The lowest BCUT2D eigenvalue weighted by molar-refractivity contribution is 0.992. The second-order valence-electron chi connectivity index (χ2n) is 3.19. The van der Waals surface area contributed by atoms with Crippen molar-refractivity contribution < 1.29 is 0 Å². The molecule has 0 bridgehead atoms. The summed E-state index contributed by atoms with van der Waals surface area (Å²) in [7, 11) is 0. The molecule has 0 radical (unpaired) electrons. The quantitative estimate of drug-likeness (QED) is 0.842. The maximum absolute atomic E-state index is 6.20. The molecule has 0 saturated carbocycles. The van der Waals surface area contributed by atoms with Gasteiger partial charge in [0.15, 0.2) is 0 Å². The van der Waals surface area contributed by atoms with Crippen LogP contribution in [0.3, 0.4) is 0 Å². The Morgan fingerprint density at radius 2 is 1.87 bits per heavy atom. The average Bonchev–Trinajstić information content (AvgIpc) is 2.30. The molecule has 0 spiro atoms. The first-order valence-corrected chi connectivity index (χ1v) is 5.09. The molecular weight excluding hydrogens is 208 g/mol. The molecule has 2 aromatic rings. The highest BCUT2D eigenvalue weighted by atomic mass is 35.5. The van der Waals surface area contributed by atoms with E-state index in [1.54, 1.807) is 6.20 Å². The predicted molar refractivity (Wildman–Crippen MR) is 62.6 cm³/mol. The summed E-state index contributed by atoms with van der Waals surface area (Å²) in [5.41, 5.74) is 8.35. The first-order chi connectivity index (χ1) is 7.33. The van der Waals surface area contributed by atoms with Gasteiger partial charge in [0.1, 0.15) is 0 Å². The van der Waals surface area contributed by atoms with Crippen molar-refractivity contribution >= 4 is 11.6 Å². The molecule has 0 unspecified atom stereocenters. The minimum Gasteiger partial charge on any atom is -0.325 e. The summed E-state index contributed by atoms with van der Waals surface area (Å²) in [6.07, 6.45) is 1.73. The number of hydrogen-bond acceptors (Lipinski definition) is 2. The molecule has 1 aromatic carbocycles. The molecule has 1 aromatic heterocycles. The molecule has 0 fully saturated rings. The van der Waals surface area contributed by atoms with Crippen LogP contribution in [0.25, 0.3) is 11.1 Å². The Kier molecular flexibility index (Phi) is 2.99. The van der Waals surface area contributed by atoms with Crippen LogP contribution in [-0.2, 0) is 6.54 Å². The zero-order chi connectivity index (χ0) is 10.7. The van der Waals surface area contributed by atoms with Gasteiger partial charge in [0.2, 0.25) is 0 Å². The maximum Gasteiger partial charge on any atom is 0.0731 e. The molecule has 0 saturated heterocycles. The highest BCUT2D eigenvalue weighted by molar-refractivity contribution is 6.33. The molecule has 15 heavy (non-hydrogen) atoms. The van der Waals surface area contributed by atoms with E-state index >= 15 is 0 Å². The maximum atomic E-state index is 6.20. The van der Waals surface area contributed by atoms with Gasteiger partial charge in [0, 0.05) is 18.3 Å². The second kappa shape index (κ2) is 4.43. The number of pyridine rings is 1. The minimum atomic E-state index is 0.361. The molecule has 0 amide bonds. The third-order valence-corrected chi connectivity index (χ3v) is 2.66. The Balaban J connectivity index is 2.54. The summed E-state index contributed by atoms with van der Waals surface area (Å²) in [5, 5.41) is 0.645. The number of nitrogens with zero attached hydrogens (tertiary/aromatic N) is 1. The molecule has 0 aliphatic carbocycles. The van der Waals surface area contributed by atoms with E-state index in [4.69, 9.17) is 17.3 Å². The van der Waals surface area contributed by atoms with Crippen LogP contribution in [0.4, 0.5) is 0 Å². The summed E-state index contributed by atoms with van der Waals surface area (Å²) in [6.45, 7) is 0.361. The topological polar surface area (TPSA) is 38.9 Å². The summed E-state index contributed by atoms with van der Waals surface area (Å²) < 4.78 is 0. The van der Waals surface area contributed by atoms with Crippen LogP contribution in [0, 0.1) is 0 Å². The lowest BCUT2D eigenvalue weighted by atomic mass is 10.1. The SMILES string of the molecule is NCc1nccc(-c2ccccc2)c1Cl. The fourth-order valence-corrected chi connectivity index (χ4v) is 1.77. The van der Waals surface area contributed by atoms with Gasteiger partial charge in [-0.1, -0.05) is 41.9 Å². The third-order valence-electron chi connectivity index (χ3n) is 2.24. The molecule has 76 valence electrons. The van der Waals surface area contributed by atoms with E-state index in [-0.39, 0.29) is 0 Å². The van der Waals surface area contributed by atoms with Crippen LogP contribution in [0.1, 0.15) is 5.69 Å². The Morgan fingerprint density at radius 3 is 2.53 bits per heavy atom. The van der Waals surface area contributed by atoms with Crippen molar-refractivity contribution in [3.63, 3.8) is 0 Å². The van der Waals surface area contributed by atoms with E-state index in [2.05, 4.69) is 4.98 Å². The fraction of sp³-hybridized carbons (Fsp3) is 0.0833. The van der Waals surface area contributed by atoms with Crippen molar-refractivity contribution in [3.8, 4) is 11.1 Å². The fourth-order valence-electron chi connectivity index (χ4n) is 1.47. The molecule has 0 aliphatic rings. The number of aromatic nitrogens is 1. The zero-order valence-corrected chi connectivity index (χ0v) is 8.91. The molecule has 2 nitrogen and oxygen atoms in total. The molecule has 1 heterocycles. The summed E-state index contributed by atoms with van der Waals surface area (Å²) >= 11 is 6.20. The lowest BCUT2D eigenvalue weighted by Crippen LogP contribution is -2.00. The monoisotopic (exact) mass is 218 g/mol. The normalized spacial score (nSPS) is 10.3.